The highest BCUT2D eigenvalue weighted by molar-refractivity contribution is 5.39. The molecule has 1 aliphatic rings. The molecule has 0 saturated carbocycles. The van der Waals surface area contributed by atoms with Crippen LogP contribution in [0.25, 0.3) is 0 Å². The van der Waals surface area contributed by atoms with Crippen LogP contribution in [0.2, 0.25) is 0 Å². The van der Waals surface area contributed by atoms with E-state index in [9.17, 15) is 4.91 Å². The molecular formula is C14H20N2O2. The molecule has 4 nitrogen and oxygen atoms in total. The van der Waals surface area contributed by atoms with Crippen molar-refractivity contribution >= 4 is 0 Å². The third-order valence-corrected chi connectivity index (χ3v) is 3.33. The van der Waals surface area contributed by atoms with Crippen LogP contribution >= 0.6 is 0 Å². The number of aryl methyl sites for hydroxylation is 1. The molecule has 0 aliphatic heterocycles. The van der Waals surface area contributed by atoms with E-state index >= 15 is 0 Å². The summed E-state index contributed by atoms with van der Waals surface area (Å²) < 4.78 is 5.70. The monoisotopic (exact) mass is 248 g/mol. The predicted octanol–water partition coefficient (Wildman–Crippen LogP) is 2.77. The molecule has 0 radical (unpaired) electrons. The first-order chi connectivity index (χ1) is 8.70. The third-order valence-electron chi connectivity index (χ3n) is 3.33. The molecule has 0 aromatic heterocycles. The van der Waals surface area contributed by atoms with Crippen molar-refractivity contribution in [1.82, 2.24) is 4.90 Å². The lowest BCUT2D eigenvalue weighted by molar-refractivity contribution is 0.261. The second kappa shape index (κ2) is 5.96. The maximum absolute atomic E-state index is 10.8. The Morgan fingerprint density at radius 2 is 2.28 bits per heavy atom. The maximum atomic E-state index is 10.8. The Bertz CT molecular complexity index is 418. The third kappa shape index (κ3) is 3.07. The Hall–Kier alpha value is -1.42. The molecule has 0 heterocycles. The van der Waals surface area contributed by atoms with Gasteiger partial charge < -0.3 is 9.64 Å². The number of nitroso groups, excluding NO2 is 1. The number of rotatable bonds is 5. The molecule has 0 spiro atoms. The van der Waals surface area contributed by atoms with Crippen molar-refractivity contribution in [3.05, 3.63) is 34.2 Å². The summed E-state index contributed by atoms with van der Waals surface area (Å²) >= 11 is 0. The zero-order chi connectivity index (χ0) is 13.0. The minimum absolute atomic E-state index is 0.162. The first-order valence-electron chi connectivity index (χ1n) is 6.43. The van der Waals surface area contributed by atoms with Gasteiger partial charge in [0.15, 0.2) is 0 Å². The van der Waals surface area contributed by atoms with Crippen LogP contribution in [0.1, 0.15) is 30.0 Å². The van der Waals surface area contributed by atoms with E-state index in [1.165, 1.54) is 5.56 Å². The van der Waals surface area contributed by atoms with Gasteiger partial charge >= 0.3 is 0 Å². The van der Waals surface area contributed by atoms with Gasteiger partial charge in [-0.15, -0.1) is 0 Å². The molecule has 0 saturated heterocycles. The Balaban J connectivity index is 2.05. The first-order valence-corrected chi connectivity index (χ1v) is 6.43. The fourth-order valence-corrected chi connectivity index (χ4v) is 2.31. The van der Waals surface area contributed by atoms with Crippen molar-refractivity contribution in [2.24, 2.45) is 5.18 Å². The van der Waals surface area contributed by atoms with E-state index in [2.05, 4.69) is 16.1 Å². The molecular weight excluding hydrogens is 228 g/mol. The highest BCUT2D eigenvalue weighted by atomic mass is 16.5. The highest BCUT2D eigenvalue weighted by Gasteiger charge is 2.20. The Morgan fingerprint density at radius 1 is 1.44 bits per heavy atom. The van der Waals surface area contributed by atoms with Crippen molar-refractivity contribution in [1.29, 1.82) is 0 Å². The number of hydrogen-bond donors (Lipinski definition) is 0. The normalized spacial score (nSPS) is 18.5. The lowest BCUT2D eigenvalue weighted by Gasteiger charge is -2.21. The Labute approximate surface area is 108 Å². The van der Waals surface area contributed by atoms with Crippen molar-refractivity contribution in [2.45, 2.75) is 25.3 Å². The molecule has 0 fully saturated rings. The molecule has 98 valence electrons. The topological polar surface area (TPSA) is 41.9 Å². The number of nitrogens with zero attached hydrogens (tertiary/aromatic N) is 2. The molecule has 4 heteroatoms. The van der Waals surface area contributed by atoms with Gasteiger partial charge in [0.25, 0.3) is 0 Å². The van der Waals surface area contributed by atoms with E-state index in [1.807, 2.05) is 26.2 Å². The SMILES string of the molecule is CN(C)CCOc1ccc2c(c1)CCCC2N=O. The van der Waals surface area contributed by atoms with E-state index < -0.39 is 0 Å². The quantitative estimate of drug-likeness (QED) is 0.752. The van der Waals surface area contributed by atoms with Crippen molar-refractivity contribution in [3.63, 3.8) is 0 Å². The lowest BCUT2D eigenvalue weighted by atomic mass is 9.88. The van der Waals surface area contributed by atoms with Crippen LogP contribution < -0.4 is 4.74 Å². The summed E-state index contributed by atoms with van der Waals surface area (Å²) in [6.07, 6.45) is 2.92. The Kier molecular flexibility index (Phi) is 4.31. The van der Waals surface area contributed by atoms with Crippen LogP contribution in [-0.2, 0) is 6.42 Å². The van der Waals surface area contributed by atoms with Gasteiger partial charge in [0.05, 0.1) is 0 Å². The van der Waals surface area contributed by atoms with Gasteiger partial charge in [-0.25, -0.2) is 0 Å². The zero-order valence-corrected chi connectivity index (χ0v) is 11.1. The van der Waals surface area contributed by atoms with E-state index in [0.29, 0.717) is 6.61 Å². The minimum Gasteiger partial charge on any atom is -0.492 e. The highest BCUT2D eigenvalue weighted by Crippen LogP contribution is 2.34. The van der Waals surface area contributed by atoms with Crippen LogP contribution in [-0.4, -0.2) is 32.1 Å². The zero-order valence-electron chi connectivity index (χ0n) is 11.1. The summed E-state index contributed by atoms with van der Waals surface area (Å²) in [6.45, 7) is 1.58. The summed E-state index contributed by atoms with van der Waals surface area (Å²) in [6, 6.07) is 5.83. The molecule has 0 amide bonds. The molecule has 1 aliphatic carbocycles. The predicted molar refractivity (Wildman–Crippen MR) is 72.0 cm³/mol. The van der Waals surface area contributed by atoms with Gasteiger partial charge in [-0.1, -0.05) is 11.2 Å². The van der Waals surface area contributed by atoms with Crippen LogP contribution in [0.5, 0.6) is 5.75 Å². The summed E-state index contributed by atoms with van der Waals surface area (Å²) in [4.78, 5) is 12.9. The average Bonchev–Trinajstić information content (AvgIpc) is 2.37. The number of ether oxygens (including phenoxy) is 1. The second-order valence-corrected chi connectivity index (χ2v) is 5.03. The van der Waals surface area contributed by atoms with Crippen molar-refractivity contribution in [2.75, 3.05) is 27.2 Å². The number of fused-ring (bicyclic) bond motifs is 1. The van der Waals surface area contributed by atoms with E-state index in [-0.39, 0.29) is 6.04 Å². The van der Waals surface area contributed by atoms with Gasteiger partial charge in [0.1, 0.15) is 18.4 Å². The molecule has 1 aromatic rings. The lowest BCUT2D eigenvalue weighted by Crippen LogP contribution is -2.19. The molecule has 18 heavy (non-hydrogen) atoms. The van der Waals surface area contributed by atoms with Gasteiger partial charge in [-0.2, -0.15) is 4.91 Å². The smallest absolute Gasteiger partial charge is 0.119 e. The fourth-order valence-electron chi connectivity index (χ4n) is 2.31. The molecule has 2 rings (SSSR count). The summed E-state index contributed by atoms with van der Waals surface area (Å²) in [5.74, 6) is 0.891. The van der Waals surface area contributed by atoms with Gasteiger partial charge in [0, 0.05) is 6.54 Å². The average molecular weight is 248 g/mol. The molecule has 1 aromatic carbocycles. The number of benzene rings is 1. The number of hydrogen-bond acceptors (Lipinski definition) is 4. The number of likely N-dealkylation sites (N-methyl/N-ethyl adjacent to an activating group) is 1. The van der Waals surface area contributed by atoms with Crippen molar-refractivity contribution in [3.8, 4) is 5.75 Å². The van der Waals surface area contributed by atoms with Crippen LogP contribution in [0.15, 0.2) is 23.4 Å². The largest absolute Gasteiger partial charge is 0.492 e. The van der Waals surface area contributed by atoms with Crippen molar-refractivity contribution < 1.29 is 4.74 Å². The standard InChI is InChI=1S/C14H20N2O2/c1-16(2)8-9-18-12-6-7-13-11(10-12)4-3-5-14(13)15-17/h6-7,10,14H,3-5,8-9H2,1-2H3. The van der Waals surface area contributed by atoms with E-state index in [0.717, 1.165) is 37.1 Å². The van der Waals surface area contributed by atoms with Crippen LogP contribution in [0.4, 0.5) is 0 Å². The molecule has 1 atom stereocenters. The summed E-state index contributed by atoms with van der Waals surface area (Å²) in [7, 11) is 4.05. The molecule has 0 bridgehead atoms. The summed E-state index contributed by atoms with van der Waals surface area (Å²) in [5, 5.41) is 3.21. The van der Waals surface area contributed by atoms with Gasteiger partial charge in [-0.3, -0.25) is 0 Å². The first kappa shape index (κ1) is 13.0. The van der Waals surface area contributed by atoms with Gasteiger partial charge in [0.2, 0.25) is 0 Å². The van der Waals surface area contributed by atoms with Gasteiger partial charge in [-0.05, 0) is 56.6 Å². The van der Waals surface area contributed by atoms with E-state index in [4.69, 9.17) is 4.74 Å². The summed E-state index contributed by atoms with van der Waals surface area (Å²) in [5.41, 5.74) is 2.30. The Morgan fingerprint density at radius 3 is 3.00 bits per heavy atom. The maximum Gasteiger partial charge on any atom is 0.119 e. The van der Waals surface area contributed by atoms with Crippen LogP contribution in [0.3, 0.4) is 0 Å². The fraction of sp³-hybridized carbons (Fsp3) is 0.571. The minimum atomic E-state index is -0.162. The molecule has 0 N–H and O–H groups in total. The second-order valence-electron chi connectivity index (χ2n) is 5.03. The van der Waals surface area contributed by atoms with Crippen LogP contribution in [0, 0.1) is 4.91 Å². The molecule has 1 unspecified atom stereocenters. The van der Waals surface area contributed by atoms with E-state index in [1.54, 1.807) is 0 Å².